The van der Waals surface area contributed by atoms with Gasteiger partial charge in [0.2, 0.25) is 17.7 Å². The van der Waals surface area contributed by atoms with Crippen molar-refractivity contribution in [1.29, 1.82) is 0 Å². The van der Waals surface area contributed by atoms with Gasteiger partial charge in [0.25, 0.3) is 0 Å². The summed E-state index contributed by atoms with van der Waals surface area (Å²) in [5, 5.41) is 7.23. The van der Waals surface area contributed by atoms with Crippen molar-refractivity contribution in [2.45, 2.75) is 89.6 Å². The van der Waals surface area contributed by atoms with Crippen LogP contribution in [0.4, 0.5) is 13.2 Å². The van der Waals surface area contributed by atoms with E-state index in [1.807, 2.05) is 5.32 Å². The van der Waals surface area contributed by atoms with Crippen molar-refractivity contribution in [1.82, 2.24) is 20.9 Å². The van der Waals surface area contributed by atoms with Crippen LogP contribution in [0.3, 0.4) is 0 Å². The van der Waals surface area contributed by atoms with Gasteiger partial charge in [0.15, 0.2) is 0 Å². The van der Waals surface area contributed by atoms with Crippen LogP contribution in [-0.4, -0.2) is 77.5 Å². The van der Waals surface area contributed by atoms with Crippen molar-refractivity contribution in [2.75, 3.05) is 13.2 Å². The van der Waals surface area contributed by atoms with E-state index in [1.54, 1.807) is 27.7 Å². The molecule has 39 heavy (non-hydrogen) atoms. The molecule has 3 fully saturated rings. The number of amides is 4. The summed E-state index contributed by atoms with van der Waals surface area (Å²) in [6, 6.07) is -3.58. The number of alkyl halides is 3. The van der Waals surface area contributed by atoms with E-state index in [9.17, 15) is 37.1 Å². The zero-order valence-corrected chi connectivity index (χ0v) is 22.7. The molecule has 3 N–H and O–H groups in total. The molecule has 218 valence electrons. The van der Waals surface area contributed by atoms with Crippen LogP contribution >= 0.6 is 0 Å². The quantitative estimate of drug-likeness (QED) is 0.276. The number of esters is 1. The van der Waals surface area contributed by atoms with E-state index in [4.69, 9.17) is 4.74 Å². The number of rotatable bonds is 10. The zero-order chi connectivity index (χ0) is 29.3. The molecule has 5 atom stereocenters. The van der Waals surface area contributed by atoms with Gasteiger partial charge in [0, 0.05) is 24.9 Å². The molecule has 1 saturated heterocycles. The smallest absolute Gasteiger partial charge is 0.464 e. The third kappa shape index (κ3) is 7.10. The first-order valence-corrected chi connectivity index (χ1v) is 13.1. The van der Waals surface area contributed by atoms with Crippen LogP contribution in [0.25, 0.3) is 0 Å². The lowest BCUT2D eigenvalue weighted by atomic mass is 9.85. The Bertz CT molecular complexity index is 1020. The Morgan fingerprint density at radius 3 is 2.28 bits per heavy atom. The van der Waals surface area contributed by atoms with Crippen molar-refractivity contribution in [2.24, 2.45) is 17.3 Å². The summed E-state index contributed by atoms with van der Waals surface area (Å²) < 4.78 is 43.9. The van der Waals surface area contributed by atoms with Crippen LogP contribution in [0.15, 0.2) is 12.7 Å². The van der Waals surface area contributed by atoms with Crippen LogP contribution in [-0.2, 0) is 28.7 Å². The van der Waals surface area contributed by atoms with Crippen LogP contribution in [0.1, 0.15) is 59.8 Å². The number of carbonyl (C=O) groups excluding carboxylic acids is 5. The summed E-state index contributed by atoms with van der Waals surface area (Å²) in [5.41, 5.74) is -2.19. The van der Waals surface area contributed by atoms with Gasteiger partial charge in [-0.3, -0.25) is 19.2 Å². The molecule has 0 aromatic carbocycles. The number of halogens is 3. The number of nitrogens with zero attached hydrogens (tertiary/aromatic N) is 1. The maximum atomic E-state index is 13.8. The Balaban J connectivity index is 1.86. The monoisotopic (exact) mass is 558 g/mol. The highest BCUT2D eigenvalue weighted by atomic mass is 19.4. The maximum absolute atomic E-state index is 13.8. The lowest BCUT2D eigenvalue weighted by Crippen LogP contribution is -2.59. The Morgan fingerprint density at radius 2 is 1.79 bits per heavy atom. The highest BCUT2D eigenvalue weighted by molar-refractivity contribution is 5.97. The van der Waals surface area contributed by atoms with Gasteiger partial charge in [-0.05, 0) is 43.9 Å². The Morgan fingerprint density at radius 1 is 1.15 bits per heavy atom. The first-order chi connectivity index (χ1) is 18.0. The van der Waals surface area contributed by atoms with Crippen molar-refractivity contribution in [3.05, 3.63) is 12.7 Å². The number of hydrogen-bond donors (Lipinski definition) is 3. The molecule has 0 radical (unpaired) electrons. The zero-order valence-electron chi connectivity index (χ0n) is 22.7. The molecule has 4 amide bonds. The topological polar surface area (TPSA) is 134 Å². The van der Waals surface area contributed by atoms with E-state index in [0.29, 0.717) is 0 Å². The fraction of sp³-hybridized carbons (Fsp3) is 0.731. The summed E-state index contributed by atoms with van der Waals surface area (Å²) in [7, 11) is 0. The second-order valence-electron chi connectivity index (χ2n) is 11.7. The molecule has 0 aromatic rings. The van der Waals surface area contributed by atoms with E-state index < -0.39 is 64.9 Å². The van der Waals surface area contributed by atoms with E-state index in [2.05, 4.69) is 17.2 Å². The van der Waals surface area contributed by atoms with Gasteiger partial charge in [0.1, 0.15) is 17.6 Å². The van der Waals surface area contributed by atoms with Gasteiger partial charge in [-0.1, -0.05) is 26.8 Å². The van der Waals surface area contributed by atoms with Gasteiger partial charge < -0.3 is 25.6 Å². The molecule has 1 aliphatic heterocycles. The summed E-state index contributed by atoms with van der Waals surface area (Å²) >= 11 is 0. The van der Waals surface area contributed by atoms with E-state index in [-0.39, 0.29) is 44.2 Å². The number of nitrogens with one attached hydrogen (secondary N) is 3. The molecule has 10 nitrogen and oxygen atoms in total. The van der Waals surface area contributed by atoms with Crippen molar-refractivity contribution < 1.29 is 41.9 Å². The molecule has 3 aliphatic rings. The molecule has 2 unspecified atom stereocenters. The molecule has 2 aliphatic carbocycles. The molecule has 0 spiro atoms. The fourth-order valence-corrected chi connectivity index (χ4v) is 4.88. The third-order valence-electron chi connectivity index (χ3n) is 7.35. The van der Waals surface area contributed by atoms with Gasteiger partial charge in [-0.25, -0.2) is 4.79 Å². The first kappa shape index (κ1) is 30.4. The minimum atomic E-state index is -5.15. The normalized spacial score (nSPS) is 27.3. The second-order valence-corrected chi connectivity index (χ2v) is 11.7. The Labute approximate surface area is 225 Å². The third-order valence-corrected chi connectivity index (χ3v) is 7.35. The largest absolute Gasteiger partial charge is 0.471 e. The van der Waals surface area contributed by atoms with Crippen LogP contribution in [0.5, 0.6) is 0 Å². The standard InChI is InChI=1S/C26H37F3N4O6/c1-6-15-12-25(15,23(38)39-7-2)32-20(35)17-11-16(30-22(37)26(27,28)29)13-33(17)21(36)19(24(3,4)5)31-18(34)10-14-8-9-14/h6,14-17,19H,1,7-13H2,2-5H3,(H,30,37)(H,31,34)(H,32,35)/t15?,16-,17+,19-,25?/m1/s1. The summed E-state index contributed by atoms with van der Waals surface area (Å²) in [6.07, 6.45) is -1.67. The van der Waals surface area contributed by atoms with E-state index in [1.165, 1.54) is 6.08 Å². The Hall–Kier alpha value is -3.12. The number of carbonyl (C=O) groups is 5. The van der Waals surface area contributed by atoms with Crippen molar-refractivity contribution >= 4 is 29.6 Å². The molecular weight excluding hydrogens is 521 g/mol. The lowest BCUT2D eigenvalue weighted by molar-refractivity contribution is -0.174. The summed E-state index contributed by atoms with van der Waals surface area (Å²) in [5.74, 6) is -4.82. The van der Waals surface area contributed by atoms with Gasteiger partial charge in [0.05, 0.1) is 6.61 Å². The first-order valence-electron chi connectivity index (χ1n) is 13.1. The van der Waals surface area contributed by atoms with Crippen LogP contribution in [0.2, 0.25) is 0 Å². The SMILES string of the molecule is C=CC1CC1(NC(=O)[C@@H]1C[C@@H](NC(=O)C(F)(F)F)CN1C(=O)[C@@H](NC(=O)CC1CC1)C(C)(C)C)C(=O)OCC. The molecule has 0 aromatic heterocycles. The fourth-order valence-electron chi connectivity index (χ4n) is 4.88. The predicted octanol–water partition coefficient (Wildman–Crippen LogP) is 1.59. The molecule has 0 bridgehead atoms. The summed E-state index contributed by atoms with van der Waals surface area (Å²) in [6.45, 7) is 10.1. The van der Waals surface area contributed by atoms with Crippen LogP contribution in [0, 0.1) is 17.3 Å². The Kier molecular flexibility index (Phi) is 8.71. The highest BCUT2D eigenvalue weighted by Gasteiger charge is 2.62. The number of hydrogen-bond acceptors (Lipinski definition) is 6. The number of ether oxygens (including phenoxy) is 1. The van der Waals surface area contributed by atoms with Crippen molar-refractivity contribution in [3.63, 3.8) is 0 Å². The summed E-state index contributed by atoms with van der Waals surface area (Å²) in [4.78, 5) is 65.2. The molecule has 3 rings (SSSR count). The minimum Gasteiger partial charge on any atom is -0.464 e. The molecular formula is C26H37F3N4O6. The molecule has 1 heterocycles. The lowest BCUT2D eigenvalue weighted by Gasteiger charge is -2.35. The molecule has 13 heteroatoms. The van der Waals surface area contributed by atoms with Gasteiger partial charge >= 0.3 is 18.1 Å². The van der Waals surface area contributed by atoms with E-state index >= 15 is 0 Å². The predicted molar refractivity (Wildman–Crippen MR) is 133 cm³/mol. The average Bonchev–Trinajstić information content (AvgIpc) is 3.73. The van der Waals surface area contributed by atoms with Crippen molar-refractivity contribution in [3.8, 4) is 0 Å². The average molecular weight is 559 g/mol. The maximum Gasteiger partial charge on any atom is 0.471 e. The van der Waals surface area contributed by atoms with Gasteiger partial charge in [-0.2, -0.15) is 13.2 Å². The minimum absolute atomic E-state index is 0.0632. The molecule has 2 saturated carbocycles. The highest BCUT2D eigenvalue weighted by Crippen LogP contribution is 2.45. The number of likely N-dealkylation sites (tertiary alicyclic amines) is 1. The van der Waals surface area contributed by atoms with Gasteiger partial charge in [-0.15, -0.1) is 6.58 Å². The van der Waals surface area contributed by atoms with Crippen LogP contribution < -0.4 is 16.0 Å². The second kappa shape index (κ2) is 11.2. The van der Waals surface area contributed by atoms with E-state index in [0.717, 1.165) is 17.7 Å².